The normalized spacial score (nSPS) is 21.8. The van der Waals surface area contributed by atoms with Crippen molar-refractivity contribution in [2.75, 3.05) is 13.7 Å². The van der Waals surface area contributed by atoms with Gasteiger partial charge in [-0.2, -0.15) is 0 Å². The summed E-state index contributed by atoms with van der Waals surface area (Å²) in [5, 5.41) is 0. The number of piperidine rings is 1. The summed E-state index contributed by atoms with van der Waals surface area (Å²) in [7, 11) is 1.66. The molecule has 2 heterocycles. The van der Waals surface area contributed by atoms with Crippen molar-refractivity contribution in [2.45, 2.75) is 45.2 Å². The molecule has 1 atom stereocenters. The summed E-state index contributed by atoms with van der Waals surface area (Å²) in [6.45, 7) is 5.75. The number of rotatable bonds is 3. The van der Waals surface area contributed by atoms with E-state index in [2.05, 4.69) is 29.8 Å². The number of aromatic nitrogens is 1. The molecule has 3 heteroatoms. The maximum absolute atomic E-state index is 5.11. The van der Waals surface area contributed by atoms with Crippen molar-refractivity contribution in [3.8, 4) is 5.88 Å². The van der Waals surface area contributed by atoms with E-state index < -0.39 is 0 Å². The average Bonchev–Trinajstić information content (AvgIpc) is 2.39. The lowest BCUT2D eigenvalue weighted by Gasteiger charge is -2.38. The monoisotopic (exact) mass is 234 g/mol. The van der Waals surface area contributed by atoms with Gasteiger partial charge in [0.2, 0.25) is 5.88 Å². The summed E-state index contributed by atoms with van der Waals surface area (Å²) in [5.41, 5.74) is 1.32. The van der Waals surface area contributed by atoms with Gasteiger partial charge in [0.25, 0.3) is 0 Å². The number of ether oxygens (including phenoxy) is 1. The first kappa shape index (κ1) is 12.4. The Kier molecular flexibility index (Phi) is 4.00. The second-order valence-corrected chi connectivity index (χ2v) is 4.98. The number of pyridine rings is 1. The SMILES string of the molecule is COc1ccc([C@@H]2CCCCN2C(C)C)cn1. The van der Waals surface area contributed by atoms with Gasteiger partial charge in [0, 0.05) is 24.3 Å². The molecule has 0 spiro atoms. The number of hydrogen-bond donors (Lipinski definition) is 0. The first-order chi connectivity index (χ1) is 8.22. The molecule has 1 fully saturated rings. The summed E-state index contributed by atoms with van der Waals surface area (Å²) < 4.78 is 5.11. The van der Waals surface area contributed by atoms with Crippen molar-refractivity contribution >= 4 is 0 Å². The summed E-state index contributed by atoms with van der Waals surface area (Å²) in [4.78, 5) is 6.89. The van der Waals surface area contributed by atoms with Crippen LogP contribution < -0.4 is 4.74 Å². The molecule has 3 nitrogen and oxygen atoms in total. The van der Waals surface area contributed by atoms with E-state index in [1.165, 1.54) is 31.4 Å². The van der Waals surface area contributed by atoms with Crippen LogP contribution >= 0.6 is 0 Å². The van der Waals surface area contributed by atoms with Gasteiger partial charge in [0.1, 0.15) is 0 Å². The molecule has 0 bridgehead atoms. The Hall–Kier alpha value is -1.09. The first-order valence-corrected chi connectivity index (χ1v) is 6.48. The van der Waals surface area contributed by atoms with Crippen LogP contribution in [0.4, 0.5) is 0 Å². The van der Waals surface area contributed by atoms with Gasteiger partial charge >= 0.3 is 0 Å². The highest BCUT2D eigenvalue weighted by molar-refractivity contribution is 5.21. The molecule has 17 heavy (non-hydrogen) atoms. The van der Waals surface area contributed by atoms with E-state index in [1.54, 1.807) is 7.11 Å². The zero-order valence-electron chi connectivity index (χ0n) is 11.0. The molecule has 1 saturated heterocycles. The van der Waals surface area contributed by atoms with Crippen molar-refractivity contribution in [1.82, 2.24) is 9.88 Å². The maximum atomic E-state index is 5.11. The topological polar surface area (TPSA) is 25.4 Å². The Morgan fingerprint density at radius 2 is 2.18 bits per heavy atom. The zero-order chi connectivity index (χ0) is 12.3. The van der Waals surface area contributed by atoms with Crippen LogP contribution in [0.5, 0.6) is 5.88 Å². The summed E-state index contributed by atoms with van der Waals surface area (Å²) >= 11 is 0. The van der Waals surface area contributed by atoms with Gasteiger partial charge in [0.05, 0.1) is 7.11 Å². The molecular formula is C14H22N2O. The molecule has 2 rings (SSSR count). The molecule has 0 unspecified atom stereocenters. The average molecular weight is 234 g/mol. The second-order valence-electron chi connectivity index (χ2n) is 4.98. The predicted octanol–water partition coefficient (Wildman–Crippen LogP) is 3.03. The minimum Gasteiger partial charge on any atom is -0.481 e. The van der Waals surface area contributed by atoms with Crippen LogP contribution in [0, 0.1) is 0 Å². The molecular weight excluding hydrogens is 212 g/mol. The molecule has 0 saturated carbocycles. The van der Waals surface area contributed by atoms with Crippen molar-refractivity contribution in [2.24, 2.45) is 0 Å². The van der Waals surface area contributed by atoms with E-state index in [0.717, 1.165) is 0 Å². The van der Waals surface area contributed by atoms with Crippen LogP contribution in [0.25, 0.3) is 0 Å². The summed E-state index contributed by atoms with van der Waals surface area (Å²) in [6, 6.07) is 5.24. The molecule has 94 valence electrons. The van der Waals surface area contributed by atoms with Crippen LogP contribution in [0.15, 0.2) is 18.3 Å². The lowest BCUT2D eigenvalue weighted by molar-refractivity contribution is 0.112. The largest absolute Gasteiger partial charge is 0.481 e. The van der Waals surface area contributed by atoms with Gasteiger partial charge in [-0.3, -0.25) is 4.90 Å². The van der Waals surface area contributed by atoms with E-state index >= 15 is 0 Å². The van der Waals surface area contributed by atoms with Crippen molar-refractivity contribution in [3.05, 3.63) is 23.9 Å². The Bertz CT molecular complexity index is 348. The Morgan fingerprint density at radius 1 is 1.35 bits per heavy atom. The molecule has 1 aliphatic heterocycles. The number of nitrogens with zero attached hydrogens (tertiary/aromatic N) is 2. The fourth-order valence-corrected chi connectivity index (χ4v) is 2.64. The van der Waals surface area contributed by atoms with Crippen molar-refractivity contribution in [3.63, 3.8) is 0 Å². The van der Waals surface area contributed by atoms with E-state index in [0.29, 0.717) is 18.0 Å². The fraction of sp³-hybridized carbons (Fsp3) is 0.643. The third-order valence-corrected chi connectivity index (χ3v) is 3.56. The quantitative estimate of drug-likeness (QED) is 0.804. The standard InChI is InChI=1S/C14H22N2O/c1-11(2)16-9-5-4-6-13(16)12-7-8-14(17-3)15-10-12/h7-8,10-11,13H,4-6,9H2,1-3H3/t13-/m0/s1. The third-order valence-electron chi connectivity index (χ3n) is 3.56. The Labute approximate surface area is 104 Å². The van der Waals surface area contributed by atoms with E-state index in [4.69, 9.17) is 4.74 Å². The Balaban J connectivity index is 2.17. The van der Waals surface area contributed by atoms with Crippen molar-refractivity contribution in [1.29, 1.82) is 0 Å². The Morgan fingerprint density at radius 3 is 2.76 bits per heavy atom. The van der Waals surface area contributed by atoms with E-state index in [-0.39, 0.29) is 0 Å². The first-order valence-electron chi connectivity index (χ1n) is 6.48. The zero-order valence-corrected chi connectivity index (χ0v) is 11.0. The van der Waals surface area contributed by atoms with Crippen molar-refractivity contribution < 1.29 is 4.74 Å². The summed E-state index contributed by atoms with van der Waals surface area (Å²) in [6.07, 6.45) is 5.84. The lowest BCUT2D eigenvalue weighted by Crippen LogP contribution is -2.38. The van der Waals surface area contributed by atoms with E-state index in [1.807, 2.05) is 12.3 Å². The highest BCUT2D eigenvalue weighted by Crippen LogP contribution is 2.32. The van der Waals surface area contributed by atoms with Gasteiger partial charge in [0.15, 0.2) is 0 Å². The van der Waals surface area contributed by atoms with Crippen LogP contribution in [-0.4, -0.2) is 29.6 Å². The molecule has 1 aromatic heterocycles. The number of methoxy groups -OCH3 is 1. The number of hydrogen-bond acceptors (Lipinski definition) is 3. The molecule has 0 aromatic carbocycles. The van der Waals surface area contributed by atoms with Gasteiger partial charge in [-0.15, -0.1) is 0 Å². The summed E-state index contributed by atoms with van der Waals surface area (Å²) in [5.74, 6) is 0.695. The van der Waals surface area contributed by atoms with Crippen LogP contribution in [0.3, 0.4) is 0 Å². The van der Waals surface area contributed by atoms with E-state index in [9.17, 15) is 0 Å². The minimum absolute atomic E-state index is 0.530. The number of likely N-dealkylation sites (tertiary alicyclic amines) is 1. The van der Waals surface area contributed by atoms with Gasteiger partial charge in [-0.25, -0.2) is 4.98 Å². The minimum atomic E-state index is 0.530. The van der Waals surface area contributed by atoms with Crippen LogP contribution in [0.1, 0.15) is 44.7 Å². The van der Waals surface area contributed by atoms with Gasteiger partial charge in [-0.05, 0) is 38.8 Å². The highest BCUT2D eigenvalue weighted by atomic mass is 16.5. The molecule has 1 aromatic rings. The molecule has 0 radical (unpaired) electrons. The maximum Gasteiger partial charge on any atom is 0.212 e. The van der Waals surface area contributed by atoms with Crippen LogP contribution in [-0.2, 0) is 0 Å². The molecule has 0 aliphatic carbocycles. The van der Waals surface area contributed by atoms with Gasteiger partial charge in [-0.1, -0.05) is 12.5 Å². The second kappa shape index (κ2) is 5.50. The fourth-order valence-electron chi connectivity index (χ4n) is 2.64. The van der Waals surface area contributed by atoms with Crippen LogP contribution in [0.2, 0.25) is 0 Å². The molecule has 0 amide bonds. The smallest absolute Gasteiger partial charge is 0.212 e. The predicted molar refractivity (Wildman–Crippen MR) is 69.2 cm³/mol. The molecule has 0 N–H and O–H groups in total. The molecule has 1 aliphatic rings. The highest BCUT2D eigenvalue weighted by Gasteiger charge is 2.25. The van der Waals surface area contributed by atoms with Gasteiger partial charge < -0.3 is 4.74 Å². The lowest BCUT2D eigenvalue weighted by atomic mass is 9.95. The third kappa shape index (κ3) is 2.78.